The SMILES string of the molecule is ON=Cc1ccnc2cc(C(O)c3ccccc3Cl)[nH]c12. The molecule has 3 rings (SSSR count). The van der Waals surface area contributed by atoms with Crippen LogP contribution >= 0.6 is 11.6 Å². The van der Waals surface area contributed by atoms with Gasteiger partial charge in [-0.15, -0.1) is 0 Å². The zero-order chi connectivity index (χ0) is 14.8. The second kappa shape index (κ2) is 5.55. The van der Waals surface area contributed by atoms with Crippen molar-refractivity contribution in [2.24, 2.45) is 5.16 Å². The van der Waals surface area contributed by atoms with Crippen LogP contribution in [0.3, 0.4) is 0 Å². The maximum atomic E-state index is 10.5. The van der Waals surface area contributed by atoms with E-state index in [0.29, 0.717) is 32.9 Å². The molecule has 0 fully saturated rings. The van der Waals surface area contributed by atoms with Gasteiger partial charge in [-0.1, -0.05) is 35.0 Å². The monoisotopic (exact) mass is 301 g/mol. The van der Waals surface area contributed by atoms with Gasteiger partial charge in [-0.25, -0.2) is 0 Å². The smallest absolute Gasteiger partial charge is 0.120 e. The average molecular weight is 302 g/mol. The number of aromatic amines is 1. The Bertz CT molecular complexity index is 814. The molecule has 6 heteroatoms. The zero-order valence-corrected chi connectivity index (χ0v) is 11.6. The fourth-order valence-corrected chi connectivity index (χ4v) is 2.49. The predicted molar refractivity (Wildman–Crippen MR) is 81.0 cm³/mol. The van der Waals surface area contributed by atoms with Gasteiger partial charge in [-0.05, 0) is 18.2 Å². The summed E-state index contributed by atoms with van der Waals surface area (Å²) in [6.45, 7) is 0. The van der Waals surface area contributed by atoms with Crippen molar-refractivity contribution in [2.45, 2.75) is 6.10 Å². The summed E-state index contributed by atoms with van der Waals surface area (Å²) >= 11 is 6.10. The van der Waals surface area contributed by atoms with Crippen LogP contribution in [0.1, 0.15) is 22.9 Å². The molecular weight excluding hydrogens is 290 g/mol. The summed E-state index contributed by atoms with van der Waals surface area (Å²) < 4.78 is 0. The molecule has 0 aliphatic heterocycles. The van der Waals surface area contributed by atoms with Crippen LogP contribution in [0.5, 0.6) is 0 Å². The Morgan fingerprint density at radius 1 is 1.29 bits per heavy atom. The van der Waals surface area contributed by atoms with E-state index >= 15 is 0 Å². The Morgan fingerprint density at radius 2 is 2.10 bits per heavy atom. The molecule has 1 aromatic carbocycles. The van der Waals surface area contributed by atoms with Crippen molar-refractivity contribution >= 4 is 28.8 Å². The van der Waals surface area contributed by atoms with E-state index < -0.39 is 6.10 Å². The summed E-state index contributed by atoms with van der Waals surface area (Å²) in [5.41, 5.74) is 3.23. The van der Waals surface area contributed by atoms with Gasteiger partial charge in [0.15, 0.2) is 0 Å². The third-order valence-corrected chi connectivity index (χ3v) is 3.61. The van der Waals surface area contributed by atoms with Gasteiger partial charge in [-0.2, -0.15) is 0 Å². The molecule has 21 heavy (non-hydrogen) atoms. The lowest BCUT2D eigenvalue weighted by atomic mass is 10.1. The molecule has 3 N–H and O–H groups in total. The maximum absolute atomic E-state index is 10.5. The van der Waals surface area contributed by atoms with Crippen LogP contribution in [0.2, 0.25) is 5.02 Å². The van der Waals surface area contributed by atoms with E-state index in [4.69, 9.17) is 16.8 Å². The quantitative estimate of drug-likeness (QED) is 0.395. The number of H-pyrrole nitrogens is 1. The number of fused-ring (bicyclic) bond motifs is 1. The number of pyridine rings is 1. The van der Waals surface area contributed by atoms with Crippen molar-refractivity contribution < 1.29 is 10.3 Å². The van der Waals surface area contributed by atoms with Crippen LogP contribution in [-0.2, 0) is 0 Å². The summed E-state index contributed by atoms with van der Waals surface area (Å²) in [5.74, 6) is 0. The van der Waals surface area contributed by atoms with E-state index in [0.717, 1.165) is 0 Å². The molecule has 3 aromatic rings. The largest absolute Gasteiger partial charge is 0.411 e. The summed E-state index contributed by atoms with van der Waals surface area (Å²) in [7, 11) is 0. The standard InChI is InChI=1S/C15H12ClN3O2/c16-11-4-2-1-3-10(11)15(20)13-7-12-14(19-13)9(8-18-21)5-6-17-12/h1-8,15,19-21H. The van der Waals surface area contributed by atoms with Crippen molar-refractivity contribution in [1.29, 1.82) is 0 Å². The van der Waals surface area contributed by atoms with Gasteiger partial charge in [0.25, 0.3) is 0 Å². The first-order valence-electron chi connectivity index (χ1n) is 6.28. The number of aliphatic hydroxyl groups is 1. The Hall–Kier alpha value is -2.37. The fourth-order valence-electron chi connectivity index (χ4n) is 2.25. The van der Waals surface area contributed by atoms with E-state index in [1.54, 1.807) is 36.5 Å². The van der Waals surface area contributed by atoms with Crippen LogP contribution in [0.25, 0.3) is 11.0 Å². The average Bonchev–Trinajstić information content (AvgIpc) is 2.92. The Balaban J connectivity index is 2.09. The highest BCUT2D eigenvalue weighted by Gasteiger charge is 2.17. The minimum absolute atomic E-state index is 0.494. The fraction of sp³-hybridized carbons (Fsp3) is 0.0667. The molecule has 1 unspecified atom stereocenters. The van der Waals surface area contributed by atoms with E-state index in [2.05, 4.69) is 15.1 Å². The summed E-state index contributed by atoms with van der Waals surface area (Å²) in [5, 5.41) is 22.7. The molecule has 1 atom stereocenters. The molecular formula is C15H12ClN3O2. The van der Waals surface area contributed by atoms with Gasteiger partial charge in [0, 0.05) is 22.3 Å². The topological polar surface area (TPSA) is 81.5 Å². The number of nitrogens with one attached hydrogen (secondary N) is 1. The number of benzene rings is 1. The van der Waals surface area contributed by atoms with E-state index in [9.17, 15) is 5.11 Å². The van der Waals surface area contributed by atoms with Crippen LogP contribution in [-0.4, -0.2) is 26.5 Å². The van der Waals surface area contributed by atoms with Gasteiger partial charge < -0.3 is 15.3 Å². The predicted octanol–water partition coefficient (Wildman–Crippen LogP) is 3.11. The molecule has 0 radical (unpaired) electrons. The molecule has 0 amide bonds. The van der Waals surface area contributed by atoms with Crippen LogP contribution < -0.4 is 0 Å². The van der Waals surface area contributed by atoms with Gasteiger partial charge >= 0.3 is 0 Å². The van der Waals surface area contributed by atoms with Crippen LogP contribution in [0.15, 0.2) is 47.8 Å². The summed E-state index contributed by atoms with van der Waals surface area (Å²) in [6.07, 6.45) is 2.04. The molecule has 5 nitrogen and oxygen atoms in total. The first-order valence-corrected chi connectivity index (χ1v) is 6.66. The Labute approximate surface area is 125 Å². The van der Waals surface area contributed by atoms with Crippen LogP contribution in [0.4, 0.5) is 0 Å². The highest BCUT2D eigenvalue weighted by molar-refractivity contribution is 6.31. The van der Waals surface area contributed by atoms with Gasteiger partial charge in [0.05, 0.1) is 22.9 Å². The number of oxime groups is 1. The lowest BCUT2D eigenvalue weighted by Gasteiger charge is -2.10. The molecule has 2 aromatic heterocycles. The number of hydrogen-bond donors (Lipinski definition) is 3. The molecule has 0 spiro atoms. The normalized spacial score (nSPS) is 13.0. The van der Waals surface area contributed by atoms with Gasteiger partial charge in [0.1, 0.15) is 6.10 Å². The molecule has 0 saturated heterocycles. The lowest BCUT2D eigenvalue weighted by molar-refractivity contribution is 0.216. The first kappa shape index (κ1) is 13.6. The number of hydrogen-bond acceptors (Lipinski definition) is 4. The minimum Gasteiger partial charge on any atom is -0.411 e. The van der Waals surface area contributed by atoms with Crippen molar-refractivity contribution in [3.63, 3.8) is 0 Å². The second-order valence-corrected chi connectivity index (χ2v) is 4.96. The van der Waals surface area contributed by atoms with Crippen molar-refractivity contribution in [1.82, 2.24) is 9.97 Å². The molecule has 2 heterocycles. The summed E-state index contributed by atoms with van der Waals surface area (Å²) in [6, 6.07) is 10.6. The molecule has 0 aliphatic carbocycles. The van der Waals surface area contributed by atoms with Gasteiger partial charge in [0.2, 0.25) is 0 Å². The minimum atomic E-state index is -0.883. The first-order chi connectivity index (χ1) is 10.2. The van der Waals surface area contributed by atoms with Crippen molar-refractivity contribution in [3.8, 4) is 0 Å². The number of rotatable bonds is 3. The number of aromatic nitrogens is 2. The zero-order valence-electron chi connectivity index (χ0n) is 10.9. The number of nitrogens with zero attached hydrogens (tertiary/aromatic N) is 2. The third-order valence-electron chi connectivity index (χ3n) is 3.27. The number of halogens is 1. The van der Waals surface area contributed by atoms with E-state index in [1.165, 1.54) is 6.21 Å². The third kappa shape index (κ3) is 2.49. The van der Waals surface area contributed by atoms with E-state index in [1.807, 2.05) is 6.07 Å². The van der Waals surface area contributed by atoms with Gasteiger partial charge in [-0.3, -0.25) is 4.98 Å². The molecule has 0 aliphatic rings. The summed E-state index contributed by atoms with van der Waals surface area (Å²) in [4.78, 5) is 7.33. The number of aliphatic hydroxyl groups excluding tert-OH is 1. The molecule has 0 bridgehead atoms. The Morgan fingerprint density at radius 3 is 2.86 bits per heavy atom. The highest BCUT2D eigenvalue weighted by Crippen LogP contribution is 2.29. The molecule has 0 saturated carbocycles. The van der Waals surface area contributed by atoms with Crippen molar-refractivity contribution in [2.75, 3.05) is 0 Å². The second-order valence-electron chi connectivity index (χ2n) is 4.55. The highest BCUT2D eigenvalue weighted by atomic mass is 35.5. The van der Waals surface area contributed by atoms with Crippen LogP contribution in [0, 0.1) is 0 Å². The molecule has 106 valence electrons. The maximum Gasteiger partial charge on any atom is 0.120 e. The van der Waals surface area contributed by atoms with Crippen molar-refractivity contribution in [3.05, 3.63) is 64.4 Å². The Kier molecular flexibility index (Phi) is 3.60. The lowest BCUT2D eigenvalue weighted by Crippen LogP contribution is -2.00. The van der Waals surface area contributed by atoms with E-state index in [-0.39, 0.29) is 0 Å².